The van der Waals surface area contributed by atoms with Crippen LogP contribution in [-0.4, -0.2) is 38.5 Å². The molecule has 0 aliphatic rings. The first kappa shape index (κ1) is 21.9. The normalized spacial score (nSPS) is 11.1. The molecule has 34 heavy (non-hydrogen) atoms. The van der Waals surface area contributed by atoms with Crippen molar-refractivity contribution >= 4 is 60.1 Å². The first-order valence-corrected chi connectivity index (χ1v) is 12.0. The van der Waals surface area contributed by atoms with Crippen LogP contribution in [0.1, 0.15) is 17.3 Å². The van der Waals surface area contributed by atoms with E-state index in [9.17, 15) is 14.4 Å². The monoisotopic (exact) mass is 491 g/mol. The number of hydrogen-bond acceptors (Lipinski definition) is 9. The van der Waals surface area contributed by atoms with E-state index in [-0.39, 0.29) is 18.7 Å². The van der Waals surface area contributed by atoms with Gasteiger partial charge in [-0.3, -0.25) is 9.59 Å². The second kappa shape index (κ2) is 9.12. The molecule has 0 aliphatic carbocycles. The number of anilines is 1. The van der Waals surface area contributed by atoms with Gasteiger partial charge in [-0.15, -0.1) is 16.4 Å². The van der Waals surface area contributed by atoms with E-state index in [1.165, 1.54) is 22.7 Å². The molecule has 0 saturated carbocycles. The second-order valence-electron chi connectivity index (χ2n) is 7.22. The summed E-state index contributed by atoms with van der Waals surface area (Å²) < 4.78 is 6.77. The average Bonchev–Trinajstić information content (AvgIpc) is 3.45. The van der Waals surface area contributed by atoms with E-state index in [1.54, 1.807) is 31.2 Å². The van der Waals surface area contributed by atoms with Gasteiger partial charge in [0.2, 0.25) is 5.91 Å². The van der Waals surface area contributed by atoms with E-state index in [0.717, 1.165) is 19.8 Å². The standard InChI is InChI=1S/C23H17N5O4S2/c1-2-32-22(31)14-8-9-16-18(10-14)34-23(24-16)25-19(29)12-28-21(30)15-11-17(33-20(15)26-27-28)13-6-4-3-5-7-13/h3-11H,2,12H2,1H3,(H,24,25,29). The molecule has 0 atom stereocenters. The van der Waals surface area contributed by atoms with Crippen LogP contribution in [0.25, 0.3) is 30.9 Å². The molecular formula is C23H17N5O4S2. The number of aromatic nitrogens is 4. The summed E-state index contributed by atoms with van der Waals surface area (Å²) in [5.41, 5.74) is 1.65. The van der Waals surface area contributed by atoms with E-state index in [4.69, 9.17) is 4.74 Å². The zero-order valence-electron chi connectivity index (χ0n) is 17.8. The van der Waals surface area contributed by atoms with Crippen LogP contribution in [0.15, 0.2) is 59.4 Å². The third-order valence-corrected chi connectivity index (χ3v) is 6.92. The number of thiazole rings is 1. The maximum Gasteiger partial charge on any atom is 0.338 e. The van der Waals surface area contributed by atoms with E-state index in [0.29, 0.717) is 26.4 Å². The molecule has 0 fully saturated rings. The molecule has 0 spiro atoms. The zero-order valence-corrected chi connectivity index (χ0v) is 19.5. The highest BCUT2D eigenvalue weighted by Gasteiger charge is 2.15. The number of hydrogen-bond donors (Lipinski definition) is 1. The lowest BCUT2D eigenvalue weighted by Crippen LogP contribution is -2.30. The Morgan fingerprint density at radius 1 is 1.09 bits per heavy atom. The number of nitrogens with one attached hydrogen (secondary N) is 1. The first-order valence-electron chi connectivity index (χ1n) is 10.3. The molecule has 11 heteroatoms. The molecule has 9 nitrogen and oxygen atoms in total. The molecule has 3 aromatic heterocycles. The van der Waals surface area contributed by atoms with Crippen molar-refractivity contribution in [1.82, 2.24) is 20.0 Å². The number of ether oxygens (including phenoxy) is 1. The summed E-state index contributed by atoms with van der Waals surface area (Å²) in [5.74, 6) is -0.875. The van der Waals surface area contributed by atoms with Gasteiger partial charge >= 0.3 is 5.97 Å². The highest BCUT2D eigenvalue weighted by Crippen LogP contribution is 2.30. The summed E-state index contributed by atoms with van der Waals surface area (Å²) in [6, 6.07) is 16.4. The number of amides is 1. The summed E-state index contributed by atoms with van der Waals surface area (Å²) in [6.45, 7) is 1.72. The maximum atomic E-state index is 12.9. The fraction of sp³-hybridized carbons (Fsp3) is 0.130. The Morgan fingerprint density at radius 3 is 2.71 bits per heavy atom. The van der Waals surface area contributed by atoms with E-state index < -0.39 is 11.9 Å². The molecule has 5 rings (SSSR count). The predicted molar refractivity (Wildman–Crippen MR) is 131 cm³/mol. The van der Waals surface area contributed by atoms with E-state index in [2.05, 4.69) is 20.6 Å². The quantitative estimate of drug-likeness (QED) is 0.358. The third kappa shape index (κ3) is 4.30. The zero-order chi connectivity index (χ0) is 23.7. The van der Waals surface area contributed by atoms with Gasteiger partial charge in [0.1, 0.15) is 6.54 Å². The van der Waals surface area contributed by atoms with E-state index >= 15 is 0 Å². The Balaban J connectivity index is 1.34. The van der Waals surface area contributed by atoms with Crippen LogP contribution in [0, 0.1) is 0 Å². The number of carbonyl (C=O) groups is 2. The van der Waals surface area contributed by atoms with Crippen molar-refractivity contribution in [3.63, 3.8) is 0 Å². The van der Waals surface area contributed by atoms with Gasteiger partial charge in [-0.05, 0) is 36.8 Å². The minimum Gasteiger partial charge on any atom is -0.462 e. The van der Waals surface area contributed by atoms with E-state index in [1.807, 2.05) is 30.3 Å². The number of carbonyl (C=O) groups excluding carboxylic acids is 2. The van der Waals surface area contributed by atoms with Crippen LogP contribution in [0.2, 0.25) is 0 Å². The SMILES string of the molecule is CCOC(=O)c1ccc2nc(NC(=O)Cn3nnc4sc(-c5ccccc5)cc4c3=O)sc2c1. The van der Waals surface area contributed by atoms with Crippen LogP contribution in [-0.2, 0) is 16.1 Å². The van der Waals surface area contributed by atoms with Gasteiger partial charge < -0.3 is 10.1 Å². The molecule has 0 saturated heterocycles. The number of rotatable bonds is 6. The summed E-state index contributed by atoms with van der Waals surface area (Å²) in [7, 11) is 0. The van der Waals surface area contributed by atoms with Crippen molar-refractivity contribution in [1.29, 1.82) is 0 Å². The largest absolute Gasteiger partial charge is 0.462 e. The first-order chi connectivity index (χ1) is 16.5. The molecule has 170 valence electrons. The van der Waals surface area contributed by atoms with Crippen molar-refractivity contribution in [3.05, 3.63) is 70.5 Å². The lowest BCUT2D eigenvalue weighted by Gasteiger charge is -2.03. The van der Waals surface area contributed by atoms with Crippen molar-refractivity contribution in [3.8, 4) is 10.4 Å². The molecule has 3 heterocycles. The summed E-state index contributed by atoms with van der Waals surface area (Å²) >= 11 is 2.60. The molecule has 0 bridgehead atoms. The van der Waals surface area contributed by atoms with Gasteiger partial charge in [-0.1, -0.05) is 46.9 Å². The van der Waals surface area contributed by atoms with Gasteiger partial charge in [0, 0.05) is 4.88 Å². The van der Waals surface area contributed by atoms with Crippen LogP contribution in [0.3, 0.4) is 0 Å². The average molecular weight is 492 g/mol. The Hall–Kier alpha value is -3.96. The van der Waals surface area contributed by atoms with Crippen LogP contribution in [0.5, 0.6) is 0 Å². The number of thiophene rings is 1. The minimum atomic E-state index is -0.459. The smallest absolute Gasteiger partial charge is 0.338 e. The van der Waals surface area contributed by atoms with Gasteiger partial charge in [0.15, 0.2) is 9.96 Å². The van der Waals surface area contributed by atoms with Gasteiger partial charge in [0.05, 0.1) is 27.8 Å². The molecule has 0 radical (unpaired) electrons. The van der Waals surface area contributed by atoms with Crippen molar-refractivity contribution in [2.24, 2.45) is 0 Å². The third-order valence-electron chi connectivity index (χ3n) is 4.92. The molecule has 1 amide bonds. The topological polar surface area (TPSA) is 116 Å². The highest BCUT2D eigenvalue weighted by atomic mass is 32.1. The Labute approximate surface area is 200 Å². The lowest BCUT2D eigenvalue weighted by atomic mass is 10.2. The minimum absolute atomic E-state index is 0.286. The van der Waals surface area contributed by atoms with Crippen molar-refractivity contribution < 1.29 is 14.3 Å². The number of nitrogens with zero attached hydrogens (tertiary/aromatic N) is 4. The van der Waals surface area contributed by atoms with Crippen molar-refractivity contribution in [2.75, 3.05) is 11.9 Å². The number of esters is 1. The number of fused-ring (bicyclic) bond motifs is 2. The molecule has 0 unspecified atom stereocenters. The summed E-state index contributed by atoms with van der Waals surface area (Å²) in [4.78, 5) is 43.2. The molecular weight excluding hydrogens is 474 g/mol. The molecule has 5 aromatic rings. The number of benzene rings is 2. The van der Waals surface area contributed by atoms with Crippen LogP contribution < -0.4 is 10.9 Å². The molecule has 2 aromatic carbocycles. The second-order valence-corrected chi connectivity index (χ2v) is 9.28. The fourth-order valence-corrected chi connectivity index (χ4v) is 5.24. The fourth-order valence-electron chi connectivity index (χ4n) is 3.35. The van der Waals surface area contributed by atoms with Crippen molar-refractivity contribution in [2.45, 2.75) is 13.5 Å². The predicted octanol–water partition coefficient (Wildman–Crippen LogP) is 3.95. The van der Waals surface area contributed by atoms with Gasteiger partial charge in [0.25, 0.3) is 5.56 Å². The maximum absolute atomic E-state index is 12.9. The van der Waals surface area contributed by atoms with Gasteiger partial charge in [-0.2, -0.15) is 0 Å². The summed E-state index contributed by atoms with van der Waals surface area (Å²) in [6.07, 6.45) is 0. The molecule has 0 aliphatic heterocycles. The Bertz CT molecular complexity index is 1590. The molecule has 1 N–H and O–H groups in total. The van der Waals surface area contributed by atoms with Gasteiger partial charge in [-0.25, -0.2) is 14.5 Å². The summed E-state index contributed by atoms with van der Waals surface area (Å²) in [5, 5.41) is 11.5. The lowest BCUT2D eigenvalue weighted by molar-refractivity contribution is -0.117. The Kier molecular flexibility index (Phi) is 5.86. The Morgan fingerprint density at radius 2 is 1.91 bits per heavy atom. The highest BCUT2D eigenvalue weighted by molar-refractivity contribution is 7.22. The van der Waals surface area contributed by atoms with Crippen LogP contribution >= 0.6 is 22.7 Å². The van der Waals surface area contributed by atoms with Crippen LogP contribution in [0.4, 0.5) is 5.13 Å².